The molecule has 1 aromatic heterocycles. The molecule has 158 valence electrons. The Bertz CT molecular complexity index is 1090. The standard InChI is InChI=1S/C25H24N2O3S/c28-21-4-2-18(9-19(21)25-10-15-5-16(11-25)7-17(6-15)12-25)20-3-1-14(13-26-20)8-22-23(29)27-24(30)31-22/h1-4,8-9,13,15-17,28H,5-7,10-12H2,(H,27,29,30)/b22-8-. The van der Waals surface area contributed by atoms with E-state index in [9.17, 15) is 14.7 Å². The number of thioether (sulfide) groups is 1. The second-order valence-corrected chi connectivity index (χ2v) is 10.8. The molecule has 0 unspecified atom stereocenters. The molecule has 1 aliphatic heterocycles. The molecule has 6 heteroatoms. The van der Waals surface area contributed by atoms with Crippen LogP contribution in [0.25, 0.3) is 17.3 Å². The molecule has 2 heterocycles. The van der Waals surface area contributed by atoms with Crippen LogP contribution in [0.1, 0.15) is 49.7 Å². The van der Waals surface area contributed by atoms with E-state index in [4.69, 9.17) is 0 Å². The second-order valence-electron chi connectivity index (χ2n) is 9.76. The van der Waals surface area contributed by atoms with E-state index in [0.717, 1.165) is 51.9 Å². The van der Waals surface area contributed by atoms with Gasteiger partial charge in [0, 0.05) is 17.3 Å². The van der Waals surface area contributed by atoms with E-state index in [1.807, 2.05) is 24.3 Å². The van der Waals surface area contributed by atoms with Crippen LogP contribution in [-0.2, 0) is 10.2 Å². The Hall–Kier alpha value is -2.60. The van der Waals surface area contributed by atoms with E-state index < -0.39 is 0 Å². The largest absolute Gasteiger partial charge is 0.508 e. The minimum absolute atomic E-state index is 0.124. The predicted octanol–water partition coefficient (Wildman–Crippen LogP) is 5.25. The van der Waals surface area contributed by atoms with Crippen LogP contribution in [0.4, 0.5) is 4.79 Å². The Balaban J connectivity index is 1.31. The normalized spacial score (nSPS) is 32.6. The number of pyridine rings is 1. The van der Waals surface area contributed by atoms with Gasteiger partial charge in [-0.2, -0.15) is 0 Å². The zero-order valence-electron chi connectivity index (χ0n) is 17.1. The van der Waals surface area contributed by atoms with Crippen molar-refractivity contribution >= 4 is 29.0 Å². The number of imide groups is 1. The van der Waals surface area contributed by atoms with E-state index in [2.05, 4.69) is 16.4 Å². The fourth-order valence-electron chi connectivity index (χ4n) is 6.79. The lowest BCUT2D eigenvalue weighted by atomic mass is 9.48. The Kier molecular flexibility index (Phi) is 4.29. The first-order valence-electron chi connectivity index (χ1n) is 11.0. The quantitative estimate of drug-likeness (QED) is 0.648. The van der Waals surface area contributed by atoms with Crippen molar-refractivity contribution in [3.8, 4) is 17.0 Å². The summed E-state index contributed by atoms with van der Waals surface area (Å²) in [6.45, 7) is 0. The molecule has 4 saturated carbocycles. The van der Waals surface area contributed by atoms with Gasteiger partial charge in [-0.05, 0) is 109 Å². The van der Waals surface area contributed by atoms with Gasteiger partial charge < -0.3 is 5.11 Å². The molecule has 4 aliphatic carbocycles. The maximum atomic E-state index is 11.7. The molecule has 5 fully saturated rings. The first-order chi connectivity index (χ1) is 15.0. The zero-order chi connectivity index (χ0) is 21.2. The van der Waals surface area contributed by atoms with E-state index in [1.54, 1.807) is 12.3 Å². The summed E-state index contributed by atoms with van der Waals surface area (Å²) in [5.74, 6) is 2.51. The van der Waals surface area contributed by atoms with E-state index in [1.165, 1.54) is 38.5 Å². The highest BCUT2D eigenvalue weighted by Gasteiger charge is 2.52. The molecule has 7 rings (SSSR count). The van der Waals surface area contributed by atoms with Crippen LogP contribution in [-0.4, -0.2) is 21.2 Å². The van der Waals surface area contributed by atoms with E-state index in [0.29, 0.717) is 10.7 Å². The summed E-state index contributed by atoms with van der Waals surface area (Å²) < 4.78 is 0. The van der Waals surface area contributed by atoms with Crippen LogP contribution in [0.5, 0.6) is 5.75 Å². The summed E-state index contributed by atoms with van der Waals surface area (Å²) in [6, 6.07) is 9.75. The summed E-state index contributed by atoms with van der Waals surface area (Å²) in [5.41, 5.74) is 3.85. The lowest BCUT2D eigenvalue weighted by Crippen LogP contribution is -2.48. The summed E-state index contributed by atoms with van der Waals surface area (Å²) in [5, 5.41) is 12.7. The molecule has 2 amide bonds. The molecule has 4 bridgehead atoms. The average Bonchev–Trinajstić information content (AvgIpc) is 3.04. The molecule has 2 aromatic rings. The number of carbonyl (C=O) groups is 2. The van der Waals surface area contributed by atoms with Crippen LogP contribution in [0.2, 0.25) is 0 Å². The molecule has 1 aromatic carbocycles. The third-order valence-corrected chi connectivity index (χ3v) is 8.44. The third-order valence-electron chi connectivity index (χ3n) is 7.63. The fraction of sp³-hybridized carbons (Fsp3) is 0.400. The van der Waals surface area contributed by atoms with Crippen LogP contribution in [0.15, 0.2) is 41.4 Å². The van der Waals surface area contributed by atoms with E-state index >= 15 is 0 Å². The first-order valence-corrected chi connectivity index (χ1v) is 11.8. The SMILES string of the molecule is O=C1NC(=O)/C(=C/c2ccc(-c3ccc(O)c(C45CC6CC(CC(C6)C4)C5)c3)nc2)S1. The van der Waals surface area contributed by atoms with Gasteiger partial charge in [-0.1, -0.05) is 6.07 Å². The minimum atomic E-state index is -0.363. The van der Waals surface area contributed by atoms with Crippen LogP contribution < -0.4 is 5.32 Å². The summed E-state index contributed by atoms with van der Waals surface area (Å²) in [7, 11) is 0. The molecular weight excluding hydrogens is 408 g/mol. The number of rotatable bonds is 3. The topological polar surface area (TPSA) is 79.3 Å². The number of aromatic hydroxyl groups is 1. The van der Waals surface area contributed by atoms with Gasteiger partial charge in [0.25, 0.3) is 11.1 Å². The monoisotopic (exact) mass is 432 g/mol. The van der Waals surface area contributed by atoms with Crippen molar-refractivity contribution in [1.29, 1.82) is 0 Å². The van der Waals surface area contributed by atoms with Gasteiger partial charge in [0.1, 0.15) is 5.75 Å². The number of nitrogens with one attached hydrogen (secondary N) is 1. The second kappa shape index (κ2) is 6.95. The zero-order valence-corrected chi connectivity index (χ0v) is 18.0. The van der Waals surface area contributed by atoms with Crippen molar-refractivity contribution in [3.63, 3.8) is 0 Å². The van der Waals surface area contributed by atoms with Gasteiger partial charge in [0.15, 0.2) is 0 Å². The molecule has 0 radical (unpaired) electrons. The molecule has 5 nitrogen and oxygen atoms in total. The molecule has 31 heavy (non-hydrogen) atoms. The van der Waals surface area contributed by atoms with Crippen molar-refractivity contribution in [2.75, 3.05) is 0 Å². The van der Waals surface area contributed by atoms with E-state index in [-0.39, 0.29) is 16.6 Å². The predicted molar refractivity (Wildman–Crippen MR) is 120 cm³/mol. The van der Waals surface area contributed by atoms with Crippen molar-refractivity contribution in [1.82, 2.24) is 10.3 Å². The fourth-order valence-corrected chi connectivity index (χ4v) is 7.48. The summed E-state index contributed by atoms with van der Waals surface area (Å²) in [6.07, 6.45) is 11.1. The van der Waals surface area contributed by atoms with Crippen molar-refractivity contribution in [2.24, 2.45) is 17.8 Å². The molecule has 0 spiro atoms. The van der Waals surface area contributed by atoms with Crippen molar-refractivity contribution in [2.45, 2.75) is 43.9 Å². The molecule has 1 saturated heterocycles. The van der Waals surface area contributed by atoms with Crippen molar-refractivity contribution < 1.29 is 14.7 Å². The number of aromatic nitrogens is 1. The number of phenols is 1. The smallest absolute Gasteiger partial charge is 0.290 e. The summed E-state index contributed by atoms with van der Waals surface area (Å²) in [4.78, 5) is 28.1. The Morgan fingerprint density at radius 3 is 2.32 bits per heavy atom. The van der Waals surface area contributed by atoms with Gasteiger partial charge in [-0.15, -0.1) is 0 Å². The Morgan fingerprint density at radius 1 is 1.03 bits per heavy atom. The lowest BCUT2D eigenvalue weighted by molar-refractivity contribution is -0.115. The van der Waals surface area contributed by atoms with Crippen LogP contribution in [0, 0.1) is 17.8 Å². The number of amides is 2. The highest BCUT2D eigenvalue weighted by Crippen LogP contribution is 2.62. The number of carbonyl (C=O) groups excluding carboxylic acids is 2. The lowest BCUT2D eigenvalue weighted by Gasteiger charge is -2.57. The number of nitrogens with zero attached hydrogens (tertiary/aromatic N) is 1. The number of hydrogen-bond donors (Lipinski definition) is 2. The van der Waals surface area contributed by atoms with Crippen molar-refractivity contribution in [3.05, 3.63) is 52.6 Å². The van der Waals surface area contributed by atoms with Gasteiger partial charge in [-0.25, -0.2) is 0 Å². The summed E-state index contributed by atoms with van der Waals surface area (Å²) >= 11 is 0.906. The van der Waals surface area contributed by atoms with Gasteiger partial charge >= 0.3 is 0 Å². The highest BCUT2D eigenvalue weighted by molar-refractivity contribution is 8.18. The number of phenolic OH excluding ortho intramolecular Hbond substituents is 1. The highest BCUT2D eigenvalue weighted by atomic mass is 32.2. The average molecular weight is 433 g/mol. The van der Waals surface area contributed by atoms with Gasteiger partial charge in [0.2, 0.25) is 0 Å². The van der Waals surface area contributed by atoms with Gasteiger partial charge in [0.05, 0.1) is 10.6 Å². The minimum Gasteiger partial charge on any atom is -0.508 e. The molecule has 5 aliphatic rings. The maximum absolute atomic E-state index is 11.7. The molecule has 2 N–H and O–H groups in total. The Morgan fingerprint density at radius 2 is 1.74 bits per heavy atom. The first kappa shape index (κ1) is 19.1. The van der Waals surface area contributed by atoms with Crippen LogP contribution >= 0.6 is 11.8 Å². The van der Waals surface area contributed by atoms with Crippen LogP contribution in [0.3, 0.4) is 0 Å². The maximum Gasteiger partial charge on any atom is 0.290 e. The number of benzene rings is 1. The molecular formula is C25H24N2O3S. The van der Waals surface area contributed by atoms with Gasteiger partial charge in [-0.3, -0.25) is 19.9 Å². The molecule has 0 atom stereocenters. The number of hydrogen-bond acceptors (Lipinski definition) is 5. The Labute approximate surface area is 185 Å². The third kappa shape index (κ3) is 3.28.